The first-order valence-corrected chi connectivity index (χ1v) is 4.44. The van der Waals surface area contributed by atoms with Crippen molar-refractivity contribution < 1.29 is 0 Å². The lowest BCUT2D eigenvalue weighted by Crippen LogP contribution is -1.79. The number of halogens is 1. The Morgan fingerprint density at radius 2 is 2.67 bits per heavy atom. The van der Waals surface area contributed by atoms with E-state index in [1.807, 2.05) is 0 Å². The maximum absolute atomic E-state index is 3.75. The van der Waals surface area contributed by atoms with Crippen molar-refractivity contribution in [1.29, 1.82) is 0 Å². The average molecular weight is 207 g/mol. The summed E-state index contributed by atoms with van der Waals surface area (Å²) in [6.07, 6.45) is 2.89. The SMILES string of the molecule is CCC(Br)c1cnns1. The molecule has 1 aromatic rings. The Morgan fingerprint density at radius 3 is 3.11 bits per heavy atom. The molecule has 0 radical (unpaired) electrons. The number of nitrogens with zero attached hydrogens (tertiary/aromatic N) is 2. The van der Waals surface area contributed by atoms with E-state index in [2.05, 4.69) is 32.4 Å². The van der Waals surface area contributed by atoms with E-state index in [1.165, 1.54) is 16.4 Å². The predicted molar refractivity (Wildman–Crippen MR) is 41.9 cm³/mol. The Labute approximate surface area is 66.6 Å². The quantitative estimate of drug-likeness (QED) is 0.695. The average Bonchev–Trinajstić information content (AvgIpc) is 2.37. The molecule has 1 atom stereocenters. The molecule has 1 aromatic heterocycles. The smallest absolute Gasteiger partial charge is 0.0664 e. The van der Waals surface area contributed by atoms with Gasteiger partial charge in [-0.25, -0.2) is 0 Å². The van der Waals surface area contributed by atoms with Crippen molar-refractivity contribution in [3.8, 4) is 0 Å². The maximum Gasteiger partial charge on any atom is 0.0664 e. The van der Waals surface area contributed by atoms with Crippen LogP contribution in [0.5, 0.6) is 0 Å². The second-order valence-corrected chi connectivity index (χ2v) is 3.62. The molecule has 0 saturated heterocycles. The van der Waals surface area contributed by atoms with Gasteiger partial charge in [-0.05, 0) is 18.0 Å². The number of aromatic nitrogens is 2. The van der Waals surface area contributed by atoms with Crippen molar-refractivity contribution in [3.63, 3.8) is 0 Å². The minimum atomic E-state index is 0.442. The van der Waals surface area contributed by atoms with Crippen LogP contribution in [0.1, 0.15) is 23.0 Å². The Hall–Kier alpha value is 0.0400. The molecule has 9 heavy (non-hydrogen) atoms. The van der Waals surface area contributed by atoms with Crippen molar-refractivity contribution in [2.24, 2.45) is 0 Å². The van der Waals surface area contributed by atoms with Crippen LogP contribution in [0.15, 0.2) is 6.20 Å². The lowest BCUT2D eigenvalue weighted by atomic mass is 10.3. The lowest BCUT2D eigenvalue weighted by molar-refractivity contribution is 0.924. The first-order valence-electron chi connectivity index (χ1n) is 2.76. The van der Waals surface area contributed by atoms with Gasteiger partial charge in [0.15, 0.2) is 0 Å². The van der Waals surface area contributed by atoms with Gasteiger partial charge < -0.3 is 0 Å². The molecule has 0 fully saturated rings. The summed E-state index contributed by atoms with van der Waals surface area (Å²) in [5.74, 6) is 0. The highest BCUT2D eigenvalue weighted by Gasteiger charge is 2.05. The monoisotopic (exact) mass is 206 g/mol. The van der Waals surface area contributed by atoms with Crippen molar-refractivity contribution in [2.75, 3.05) is 0 Å². The topological polar surface area (TPSA) is 25.8 Å². The third-order valence-electron chi connectivity index (χ3n) is 1.05. The van der Waals surface area contributed by atoms with E-state index in [-0.39, 0.29) is 0 Å². The molecule has 4 heteroatoms. The number of hydrogen-bond donors (Lipinski definition) is 0. The van der Waals surface area contributed by atoms with Gasteiger partial charge in [0, 0.05) is 0 Å². The van der Waals surface area contributed by atoms with Crippen LogP contribution in [0.3, 0.4) is 0 Å². The molecule has 0 saturated carbocycles. The highest BCUT2D eigenvalue weighted by Crippen LogP contribution is 2.26. The second-order valence-electron chi connectivity index (χ2n) is 1.70. The summed E-state index contributed by atoms with van der Waals surface area (Å²) in [7, 11) is 0. The molecular formula is C5H7BrN2S. The Kier molecular flexibility index (Phi) is 2.60. The van der Waals surface area contributed by atoms with Gasteiger partial charge in [-0.2, -0.15) is 0 Å². The van der Waals surface area contributed by atoms with Gasteiger partial charge in [-0.3, -0.25) is 0 Å². The first kappa shape index (κ1) is 7.15. The molecular weight excluding hydrogens is 200 g/mol. The van der Waals surface area contributed by atoms with E-state index in [4.69, 9.17) is 0 Å². The zero-order valence-corrected chi connectivity index (χ0v) is 7.44. The molecule has 0 aliphatic carbocycles. The summed E-state index contributed by atoms with van der Waals surface area (Å²) in [5.41, 5.74) is 0. The fourth-order valence-corrected chi connectivity index (χ4v) is 1.45. The molecule has 50 valence electrons. The molecule has 0 aliphatic heterocycles. The molecule has 0 aliphatic rings. The number of rotatable bonds is 2. The van der Waals surface area contributed by atoms with Crippen molar-refractivity contribution in [3.05, 3.63) is 11.1 Å². The standard InChI is InChI=1S/C5H7BrN2S/c1-2-4(6)5-3-7-8-9-5/h3-4H,2H2,1H3. The normalized spacial score (nSPS) is 13.6. The highest BCUT2D eigenvalue weighted by atomic mass is 79.9. The molecule has 0 aromatic carbocycles. The minimum Gasteiger partial charge on any atom is -0.146 e. The third kappa shape index (κ3) is 1.72. The highest BCUT2D eigenvalue weighted by molar-refractivity contribution is 9.09. The summed E-state index contributed by atoms with van der Waals surface area (Å²) in [6.45, 7) is 2.12. The lowest BCUT2D eigenvalue weighted by Gasteiger charge is -1.97. The van der Waals surface area contributed by atoms with Crippen LogP contribution in [0, 0.1) is 0 Å². The zero-order chi connectivity index (χ0) is 6.69. The first-order chi connectivity index (χ1) is 4.34. The predicted octanol–water partition coefficient (Wildman–Crippen LogP) is 2.38. The molecule has 1 unspecified atom stereocenters. The number of hydrogen-bond acceptors (Lipinski definition) is 3. The molecule has 2 nitrogen and oxygen atoms in total. The Balaban J connectivity index is 2.65. The maximum atomic E-state index is 3.75. The summed E-state index contributed by atoms with van der Waals surface area (Å²) in [4.78, 5) is 1.65. The van der Waals surface area contributed by atoms with Crippen LogP contribution < -0.4 is 0 Å². The van der Waals surface area contributed by atoms with Crippen LogP contribution in [0.25, 0.3) is 0 Å². The van der Waals surface area contributed by atoms with Crippen molar-refractivity contribution in [1.82, 2.24) is 9.59 Å². The van der Waals surface area contributed by atoms with E-state index in [1.54, 1.807) is 6.20 Å². The molecule has 0 spiro atoms. The summed E-state index contributed by atoms with van der Waals surface area (Å²) < 4.78 is 3.75. The van der Waals surface area contributed by atoms with Gasteiger partial charge in [0.2, 0.25) is 0 Å². The van der Waals surface area contributed by atoms with Crippen LogP contribution in [-0.2, 0) is 0 Å². The van der Waals surface area contributed by atoms with E-state index < -0.39 is 0 Å². The summed E-state index contributed by atoms with van der Waals surface area (Å²) >= 11 is 4.94. The van der Waals surface area contributed by atoms with E-state index in [0.29, 0.717) is 4.83 Å². The van der Waals surface area contributed by atoms with Crippen LogP contribution in [0.4, 0.5) is 0 Å². The molecule has 0 bridgehead atoms. The van der Waals surface area contributed by atoms with E-state index >= 15 is 0 Å². The molecule has 1 rings (SSSR count). The van der Waals surface area contributed by atoms with Gasteiger partial charge in [-0.1, -0.05) is 27.3 Å². The Bertz CT molecular complexity index is 163. The van der Waals surface area contributed by atoms with Gasteiger partial charge >= 0.3 is 0 Å². The summed E-state index contributed by atoms with van der Waals surface area (Å²) in [5, 5.41) is 3.73. The fourth-order valence-electron chi connectivity index (χ4n) is 0.514. The van der Waals surface area contributed by atoms with Crippen molar-refractivity contribution in [2.45, 2.75) is 18.2 Å². The van der Waals surface area contributed by atoms with E-state index in [9.17, 15) is 0 Å². The van der Waals surface area contributed by atoms with Crippen LogP contribution in [-0.4, -0.2) is 9.59 Å². The van der Waals surface area contributed by atoms with Crippen molar-refractivity contribution >= 4 is 27.5 Å². The zero-order valence-electron chi connectivity index (χ0n) is 5.04. The van der Waals surface area contributed by atoms with Gasteiger partial charge in [-0.15, -0.1) is 5.10 Å². The largest absolute Gasteiger partial charge is 0.146 e. The van der Waals surface area contributed by atoms with Gasteiger partial charge in [0.1, 0.15) is 0 Å². The van der Waals surface area contributed by atoms with E-state index in [0.717, 1.165) is 6.42 Å². The number of alkyl halides is 1. The Morgan fingerprint density at radius 1 is 1.89 bits per heavy atom. The molecule has 0 amide bonds. The summed E-state index contributed by atoms with van der Waals surface area (Å²) in [6, 6.07) is 0. The molecule has 1 heterocycles. The van der Waals surface area contributed by atoms with Crippen LogP contribution >= 0.6 is 27.5 Å². The minimum absolute atomic E-state index is 0.442. The third-order valence-corrected chi connectivity index (χ3v) is 3.27. The fraction of sp³-hybridized carbons (Fsp3) is 0.600. The molecule has 0 N–H and O–H groups in total. The van der Waals surface area contributed by atoms with Gasteiger partial charge in [0.05, 0.1) is 15.9 Å². The second kappa shape index (κ2) is 3.27. The van der Waals surface area contributed by atoms with Crippen LogP contribution in [0.2, 0.25) is 0 Å². The van der Waals surface area contributed by atoms with Gasteiger partial charge in [0.25, 0.3) is 0 Å².